The number of carbonyl (C=O) groups excluding carboxylic acids is 2. The molecule has 0 radical (unpaired) electrons. The van der Waals surface area contributed by atoms with Crippen LogP contribution >= 0.6 is 11.8 Å². The van der Waals surface area contributed by atoms with Crippen LogP contribution in [0.15, 0.2) is 64.5 Å². The molecule has 180 valence electrons. The second-order valence-electron chi connectivity index (χ2n) is 8.51. The Kier molecular flexibility index (Phi) is 7.57. The van der Waals surface area contributed by atoms with E-state index in [9.17, 15) is 19.2 Å². The summed E-state index contributed by atoms with van der Waals surface area (Å²) in [6.07, 6.45) is 1.29. The van der Waals surface area contributed by atoms with E-state index in [1.54, 1.807) is 21.9 Å². The zero-order valence-electron chi connectivity index (χ0n) is 19.8. The van der Waals surface area contributed by atoms with E-state index >= 15 is 0 Å². The van der Waals surface area contributed by atoms with Crippen molar-refractivity contribution in [2.45, 2.75) is 26.7 Å². The monoisotopic (exact) mass is 490 g/mol. The Hall–Kier alpha value is -3.57. The van der Waals surface area contributed by atoms with Crippen molar-refractivity contribution in [3.8, 4) is 6.07 Å². The number of hydrogen-bond donors (Lipinski definition) is 0. The van der Waals surface area contributed by atoms with Crippen LogP contribution in [-0.4, -0.2) is 47.8 Å². The third kappa shape index (κ3) is 5.25. The van der Waals surface area contributed by atoms with Crippen molar-refractivity contribution in [1.29, 1.82) is 5.26 Å². The maximum atomic E-state index is 13.7. The number of carbonyl (C=O) groups is 2. The van der Waals surface area contributed by atoms with Gasteiger partial charge in [-0.15, -0.1) is 0 Å². The maximum Gasteiger partial charge on any atom is 0.267 e. The lowest BCUT2D eigenvalue weighted by Crippen LogP contribution is -2.51. The summed E-state index contributed by atoms with van der Waals surface area (Å²) in [6, 6.07) is 16.1. The van der Waals surface area contributed by atoms with Crippen molar-refractivity contribution in [3.63, 3.8) is 0 Å². The molecule has 2 aliphatic heterocycles. The van der Waals surface area contributed by atoms with Crippen LogP contribution in [0.5, 0.6) is 0 Å². The van der Waals surface area contributed by atoms with Gasteiger partial charge in [-0.05, 0) is 43.2 Å². The van der Waals surface area contributed by atoms with Crippen LogP contribution in [0.2, 0.25) is 0 Å². The maximum absolute atomic E-state index is 13.7. The fraction of sp³-hybridized carbons (Fsp3) is 0.296. The average Bonchev–Trinajstić information content (AvgIpc) is 3.30. The van der Waals surface area contributed by atoms with Gasteiger partial charge in [0.1, 0.15) is 22.5 Å². The van der Waals surface area contributed by atoms with Crippen LogP contribution < -0.4 is 4.90 Å². The molecule has 2 aromatic rings. The molecule has 2 heterocycles. The standard InChI is InChI=1S/C27H27FN4O2S/c1-3-4-25(33)30-13-15-31(16-14-30)26(34)23(17-29)27-32(22-11-9-21(28)10-12-22)24(18-35-27)20-7-5-19(2)6-8-20/h5-12,18H,3-4,13-16H2,1-2H3. The quantitative estimate of drug-likeness (QED) is 0.441. The summed E-state index contributed by atoms with van der Waals surface area (Å²) in [6.45, 7) is 5.65. The van der Waals surface area contributed by atoms with E-state index in [4.69, 9.17) is 0 Å². The van der Waals surface area contributed by atoms with Crippen LogP contribution in [0.1, 0.15) is 30.9 Å². The molecule has 0 bridgehead atoms. The zero-order chi connectivity index (χ0) is 24.9. The van der Waals surface area contributed by atoms with E-state index in [1.165, 1.54) is 23.9 Å². The van der Waals surface area contributed by atoms with Crippen molar-refractivity contribution in [2.75, 3.05) is 31.1 Å². The van der Waals surface area contributed by atoms with E-state index in [0.717, 1.165) is 23.2 Å². The summed E-state index contributed by atoms with van der Waals surface area (Å²) in [4.78, 5) is 30.9. The number of aryl methyl sites for hydroxylation is 1. The first kappa shape index (κ1) is 24.6. The molecule has 2 aliphatic rings. The Morgan fingerprint density at radius 2 is 1.63 bits per heavy atom. The minimum Gasteiger partial charge on any atom is -0.339 e. The Morgan fingerprint density at radius 3 is 2.23 bits per heavy atom. The van der Waals surface area contributed by atoms with Gasteiger partial charge in [-0.2, -0.15) is 5.26 Å². The first-order valence-corrected chi connectivity index (χ1v) is 12.5. The highest BCUT2D eigenvalue weighted by Crippen LogP contribution is 2.44. The summed E-state index contributed by atoms with van der Waals surface area (Å²) in [5, 5.41) is 12.5. The molecule has 8 heteroatoms. The number of piperazine rings is 1. The molecule has 0 atom stereocenters. The van der Waals surface area contributed by atoms with Gasteiger partial charge in [0.25, 0.3) is 5.91 Å². The molecule has 0 spiro atoms. The molecular formula is C27H27FN4O2S. The van der Waals surface area contributed by atoms with Crippen LogP contribution in [-0.2, 0) is 9.59 Å². The summed E-state index contributed by atoms with van der Waals surface area (Å²) in [5.74, 6) is -0.624. The van der Waals surface area contributed by atoms with E-state index in [2.05, 4.69) is 6.07 Å². The lowest BCUT2D eigenvalue weighted by atomic mass is 10.1. The SMILES string of the molecule is CCCC(=O)N1CCN(C(=O)C(C#N)=C2SC=C(c3ccc(C)cc3)N2c2ccc(F)cc2)CC1. The smallest absolute Gasteiger partial charge is 0.267 e. The number of rotatable bonds is 5. The normalized spacial score (nSPS) is 17.2. The molecule has 0 saturated carbocycles. The molecular weight excluding hydrogens is 463 g/mol. The molecule has 6 nitrogen and oxygen atoms in total. The summed E-state index contributed by atoms with van der Waals surface area (Å²) in [7, 11) is 0. The Labute approximate surface area is 209 Å². The van der Waals surface area contributed by atoms with Gasteiger partial charge in [0.05, 0.1) is 5.70 Å². The molecule has 0 unspecified atom stereocenters. The van der Waals surface area contributed by atoms with Gasteiger partial charge in [-0.3, -0.25) is 9.59 Å². The molecule has 0 aromatic heterocycles. The topological polar surface area (TPSA) is 67.6 Å². The van der Waals surface area contributed by atoms with Crippen LogP contribution in [0, 0.1) is 24.1 Å². The fourth-order valence-electron chi connectivity index (χ4n) is 4.14. The number of thioether (sulfide) groups is 1. The van der Waals surface area contributed by atoms with Crippen LogP contribution in [0.4, 0.5) is 10.1 Å². The highest BCUT2D eigenvalue weighted by atomic mass is 32.2. The second-order valence-corrected chi connectivity index (χ2v) is 9.37. The largest absolute Gasteiger partial charge is 0.339 e. The number of anilines is 1. The van der Waals surface area contributed by atoms with Gasteiger partial charge in [0.15, 0.2) is 0 Å². The summed E-state index contributed by atoms with van der Waals surface area (Å²) in [5.41, 5.74) is 3.55. The van der Waals surface area contributed by atoms with Crippen LogP contribution in [0.25, 0.3) is 5.70 Å². The van der Waals surface area contributed by atoms with Crippen LogP contribution in [0.3, 0.4) is 0 Å². The first-order valence-electron chi connectivity index (χ1n) is 11.6. The van der Waals surface area contributed by atoms with Crippen molar-refractivity contribution < 1.29 is 14.0 Å². The molecule has 1 fully saturated rings. The van der Waals surface area contributed by atoms with Gasteiger partial charge in [0, 0.05) is 43.7 Å². The van der Waals surface area contributed by atoms with Crippen molar-refractivity contribution >= 4 is 35.0 Å². The molecule has 2 amide bonds. The lowest BCUT2D eigenvalue weighted by Gasteiger charge is -2.35. The Bertz CT molecular complexity index is 1210. The number of hydrogen-bond acceptors (Lipinski definition) is 5. The summed E-state index contributed by atoms with van der Waals surface area (Å²) >= 11 is 1.31. The predicted octanol–water partition coefficient (Wildman–Crippen LogP) is 4.89. The van der Waals surface area contributed by atoms with Gasteiger partial charge in [-0.1, -0.05) is 48.5 Å². The highest BCUT2D eigenvalue weighted by Gasteiger charge is 2.33. The molecule has 35 heavy (non-hydrogen) atoms. The molecule has 0 N–H and O–H groups in total. The third-order valence-corrected chi connectivity index (χ3v) is 7.03. The third-order valence-electron chi connectivity index (χ3n) is 6.08. The molecule has 1 saturated heterocycles. The van der Waals surface area contributed by atoms with Gasteiger partial charge < -0.3 is 14.7 Å². The van der Waals surface area contributed by atoms with Gasteiger partial charge in [-0.25, -0.2) is 4.39 Å². The number of nitriles is 1. The van der Waals surface area contributed by atoms with Crippen molar-refractivity contribution in [2.24, 2.45) is 0 Å². The Morgan fingerprint density at radius 1 is 1.00 bits per heavy atom. The number of halogens is 1. The highest BCUT2D eigenvalue weighted by molar-refractivity contribution is 8.06. The summed E-state index contributed by atoms with van der Waals surface area (Å²) < 4.78 is 13.7. The number of amides is 2. The zero-order valence-corrected chi connectivity index (χ0v) is 20.6. The van der Waals surface area contributed by atoms with E-state index < -0.39 is 0 Å². The van der Waals surface area contributed by atoms with E-state index in [0.29, 0.717) is 43.3 Å². The molecule has 2 aromatic carbocycles. The van der Waals surface area contributed by atoms with Gasteiger partial charge in [0.2, 0.25) is 5.91 Å². The van der Waals surface area contributed by atoms with E-state index in [-0.39, 0.29) is 23.2 Å². The predicted molar refractivity (Wildman–Crippen MR) is 136 cm³/mol. The minimum atomic E-state index is -0.362. The fourth-order valence-corrected chi connectivity index (χ4v) is 5.17. The van der Waals surface area contributed by atoms with Gasteiger partial charge >= 0.3 is 0 Å². The first-order chi connectivity index (χ1) is 16.9. The van der Waals surface area contributed by atoms with Crippen molar-refractivity contribution in [3.05, 3.63) is 81.5 Å². The number of nitrogens with zero attached hydrogens (tertiary/aromatic N) is 4. The molecule has 0 aliphatic carbocycles. The number of benzene rings is 2. The Balaban J connectivity index is 1.65. The lowest BCUT2D eigenvalue weighted by molar-refractivity contribution is -0.137. The molecule has 4 rings (SSSR count). The van der Waals surface area contributed by atoms with Crippen molar-refractivity contribution in [1.82, 2.24) is 9.80 Å². The minimum absolute atomic E-state index is 0.0334. The average molecular weight is 491 g/mol. The van der Waals surface area contributed by atoms with E-state index in [1.807, 2.05) is 48.4 Å². The second kappa shape index (κ2) is 10.8.